The number of anilines is 1. The van der Waals surface area contributed by atoms with Gasteiger partial charge in [0, 0.05) is 10.4 Å². The summed E-state index contributed by atoms with van der Waals surface area (Å²) in [5, 5.41) is 1.21. The van der Waals surface area contributed by atoms with E-state index < -0.39 is 0 Å². The van der Waals surface area contributed by atoms with Gasteiger partial charge < -0.3 is 10.2 Å². The van der Waals surface area contributed by atoms with Gasteiger partial charge in [0.15, 0.2) is 5.58 Å². The molecule has 4 rings (SSSR count). The van der Waals surface area contributed by atoms with Crippen LogP contribution < -0.4 is 5.73 Å². The van der Waals surface area contributed by atoms with Gasteiger partial charge in [-0.25, -0.2) is 4.98 Å². The van der Waals surface area contributed by atoms with E-state index in [0.717, 1.165) is 16.0 Å². The highest BCUT2D eigenvalue weighted by Crippen LogP contribution is 2.34. The Bertz CT molecular complexity index is 858. The lowest BCUT2D eigenvalue weighted by molar-refractivity contribution is 0.622. The van der Waals surface area contributed by atoms with Crippen LogP contribution in [0.15, 0.2) is 52.9 Å². The van der Waals surface area contributed by atoms with Gasteiger partial charge in [0.1, 0.15) is 5.52 Å². The second-order valence-corrected chi connectivity index (χ2v) is 5.48. The molecule has 3 nitrogen and oxygen atoms in total. The Hall–Kier alpha value is -2.33. The van der Waals surface area contributed by atoms with E-state index in [-0.39, 0.29) is 0 Å². The second kappa shape index (κ2) is 3.83. The number of nitrogen functional groups attached to an aromatic ring is 1. The highest BCUT2D eigenvalue weighted by Gasteiger charge is 2.11. The molecule has 0 aliphatic carbocycles. The first kappa shape index (κ1) is 10.6. The first-order chi connectivity index (χ1) is 9.29. The monoisotopic (exact) mass is 266 g/mol. The number of hydrogen-bond acceptors (Lipinski definition) is 4. The normalized spacial score (nSPS) is 11.4. The zero-order valence-electron chi connectivity index (χ0n) is 9.96. The molecule has 2 heterocycles. The highest BCUT2D eigenvalue weighted by atomic mass is 32.1. The number of aromatic nitrogens is 1. The second-order valence-electron chi connectivity index (χ2n) is 4.39. The fraction of sp³-hybridized carbons (Fsp3) is 0. The van der Waals surface area contributed by atoms with Crippen LogP contribution >= 0.6 is 11.3 Å². The molecule has 2 aromatic heterocycles. The van der Waals surface area contributed by atoms with Crippen LogP contribution in [0.2, 0.25) is 0 Å². The van der Waals surface area contributed by atoms with Crippen LogP contribution in [0, 0.1) is 0 Å². The number of thiophene rings is 1. The lowest BCUT2D eigenvalue weighted by atomic mass is 10.2. The van der Waals surface area contributed by atoms with Crippen molar-refractivity contribution in [3.8, 4) is 10.8 Å². The summed E-state index contributed by atoms with van der Waals surface area (Å²) in [6, 6.07) is 15.9. The van der Waals surface area contributed by atoms with E-state index in [1.165, 1.54) is 10.1 Å². The van der Waals surface area contributed by atoms with Crippen LogP contribution in [-0.2, 0) is 0 Å². The molecule has 0 aliphatic heterocycles. The first-order valence-electron chi connectivity index (χ1n) is 5.95. The Labute approximate surface area is 113 Å². The maximum absolute atomic E-state index is 5.78. The van der Waals surface area contributed by atoms with Crippen LogP contribution in [0.25, 0.3) is 32.0 Å². The molecule has 0 atom stereocenters. The van der Waals surface area contributed by atoms with Gasteiger partial charge in [-0.3, -0.25) is 0 Å². The molecular weight excluding hydrogens is 256 g/mol. The van der Waals surface area contributed by atoms with Crippen molar-refractivity contribution in [2.75, 3.05) is 5.73 Å². The third kappa shape index (κ3) is 1.69. The van der Waals surface area contributed by atoms with Crippen molar-refractivity contribution in [1.82, 2.24) is 4.98 Å². The number of nitrogens with two attached hydrogens (primary N) is 1. The SMILES string of the molecule is Nc1ccc2oc(-c3cc4ccccc4s3)nc2c1. The van der Waals surface area contributed by atoms with E-state index in [2.05, 4.69) is 23.2 Å². The predicted molar refractivity (Wildman–Crippen MR) is 79.2 cm³/mol. The van der Waals surface area contributed by atoms with Crippen LogP contribution in [0.3, 0.4) is 0 Å². The molecule has 4 aromatic rings. The zero-order chi connectivity index (χ0) is 12.8. The van der Waals surface area contributed by atoms with Gasteiger partial charge in [0.2, 0.25) is 5.89 Å². The molecule has 4 heteroatoms. The Morgan fingerprint density at radius 3 is 2.84 bits per heavy atom. The Balaban J connectivity index is 1.93. The number of fused-ring (bicyclic) bond motifs is 2. The molecule has 0 saturated heterocycles. The average molecular weight is 266 g/mol. The molecule has 0 radical (unpaired) electrons. The van der Waals surface area contributed by atoms with E-state index in [1.54, 1.807) is 11.3 Å². The molecular formula is C15H10N2OS. The number of hydrogen-bond donors (Lipinski definition) is 1. The minimum Gasteiger partial charge on any atom is -0.435 e. The molecule has 0 spiro atoms. The van der Waals surface area contributed by atoms with Gasteiger partial charge in [-0.1, -0.05) is 18.2 Å². The first-order valence-corrected chi connectivity index (χ1v) is 6.76. The van der Waals surface area contributed by atoms with Gasteiger partial charge in [-0.2, -0.15) is 0 Å². The van der Waals surface area contributed by atoms with E-state index in [9.17, 15) is 0 Å². The van der Waals surface area contributed by atoms with Crippen molar-refractivity contribution < 1.29 is 4.42 Å². The standard InChI is InChI=1S/C15H10N2OS/c16-10-5-6-12-11(8-10)17-15(18-12)14-7-9-3-1-2-4-13(9)19-14/h1-8H,16H2. The molecule has 0 bridgehead atoms. The Morgan fingerprint density at radius 2 is 1.95 bits per heavy atom. The van der Waals surface area contributed by atoms with Crippen molar-refractivity contribution >= 4 is 38.2 Å². The fourth-order valence-electron chi connectivity index (χ4n) is 2.14. The van der Waals surface area contributed by atoms with Crippen LogP contribution in [0.5, 0.6) is 0 Å². The van der Waals surface area contributed by atoms with Gasteiger partial charge >= 0.3 is 0 Å². The van der Waals surface area contributed by atoms with Gasteiger partial charge in [-0.15, -0.1) is 11.3 Å². The lowest BCUT2D eigenvalue weighted by Gasteiger charge is -1.88. The van der Waals surface area contributed by atoms with Gasteiger partial charge in [0.05, 0.1) is 4.88 Å². The van der Waals surface area contributed by atoms with Crippen molar-refractivity contribution in [3.05, 3.63) is 48.5 Å². The fourth-order valence-corrected chi connectivity index (χ4v) is 3.13. The minimum absolute atomic E-state index is 0.654. The quantitative estimate of drug-likeness (QED) is 0.523. The topological polar surface area (TPSA) is 52.0 Å². The van der Waals surface area contributed by atoms with E-state index >= 15 is 0 Å². The maximum atomic E-state index is 5.78. The van der Waals surface area contributed by atoms with E-state index in [0.29, 0.717) is 11.6 Å². The summed E-state index contributed by atoms with van der Waals surface area (Å²) in [5.41, 5.74) is 8.02. The summed E-state index contributed by atoms with van der Waals surface area (Å²) in [5.74, 6) is 0.654. The third-order valence-corrected chi connectivity index (χ3v) is 4.15. The summed E-state index contributed by atoms with van der Waals surface area (Å²) in [7, 11) is 0. The molecule has 92 valence electrons. The Kier molecular flexibility index (Phi) is 2.13. The molecule has 0 unspecified atom stereocenters. The summed E-state index contributed by atoms with van der Waals surface area (Å²) >= 11 is 1.68. The van der Waals surface area contributed by atoms with E-state index in [1.807, 2.05) is 30.3 Å². The molecule has 2 N–H and O–H groups in total. The van der Waals surface area contributed by atoms with Crippen molar-refractivity contribution in [2.24, 2.45) is 0 Å². The maximum Gasteiger partial charge on any atom is 0.237 e. The number of rotatable bonds is 1. The van der Waals surface area contributed by atoms with Gasteiger partial charge in [-0.05, 0) is 35.7 Å². The average Bonchev–Trinajstić information content (AvgIpc) is 3.00. The number of oxazole rings is 1. The lowest BCUT2D eigenvalue weighted by Crippen LogP contribution is -1.82. The van der Waals surface area contributed by atoms with Crippen LogP contribution in [0.1, 0.15) is 0 Å². The molecule has 0 fully saturated rings. The molecule has 0 amide bonds. The third-order valence-electron chi connectivity index (χ3n) is 3.05. The number of benzene rings is 2. The van der Waals surface area contributed by atoms with Crippen LogP contribution in [-0.4, -0.2) is 4.98 Å². The molecule has 19 heavy (non-hydrogen) atoms. The van der Waals surface area contributed by atoms with Crippen molar-refractivity contribution in [1.29, 1.82) is 0 Å². The van der Waals surface area contributed by atoms with Crippen molar-refractivity contribution in [2.45, 2.75) is 0 Å². The zero-order valence-corrected chi connectivity index (χ0v) is 10.8. The Morgan fingerprint density at radius 1 is 1.05 bits per heavy atom. The summed E-state index contributed by atoms with van der Waals surface area (Å²) < 4.78 is 7.02. The smallest absolute Gasteiger partial charge is 0.237 e. The summed E-state index contributed by atoms with van der Waals surface area (Å²) in [6.07, 6.45) is 0. The molecule has 0 aliphatic rings. The van der Waals surface area contributed by atoms with Crippen molar-refractivity contribution in [3.63, 3.8) is 0 Å². The minimum atomic E-state index is 0.654. The largest absolute Gasteiger partial charge is 0.435 e. The van der Waals surface area contributed by atoms with Gasteiger partial charge in [0.25, 0.3) is 0 Å². The molecule has 2 aromatic carbocycles. The summed E-state index contributed by atoms with van der Waals surface area (Å²) in [4.78, 5) is 5.54. The molecule has 0 saturated carbocycles. The predicted octanol–water partition coefficient (Wildman–Crippen LogP) is 4.29. The van der Waals surface area contributed by atoms with E-state index in [4.69, 9.17) is 10.2 Å². The summed E-state index contributed by atoms with van der Waals surface area (Å²) in [6.45, 7) is 0. The highest BCUT2D eigenvalue weighted by molar-refractivity contribution is 7.22. The van der Waals surface area contributed by atoms with Crippen LogP contribution in [0.4, 0.5) is 5.69 Å². The number of nitrogens with zero attached hydrogens (tertiary/aromatic N) is 1.